The molecule has 0 aliphatic carbocycles. The number of terminal acetylenes is 1. The van der Waals surface area contributed by atoms with Gasteiger partial charge in [-0.25, -0.2) is 0 Å². The summed E-state index contributed by atoms with van der Waals surface area (Å²) in [5.41, 5.74) is 2.11. The molecule has 0 unspecified atom stereocenters. The average molecular weight is 390 g/mol. The van der Waals surface area contributed by atoms with E-state index in [4.69, 9.17) is 6.42 Å². The summed E-state index contributed by atoms with van der Waals surface area (Å²) >= 11 is 0. The van der Waals surface area contributed by atoms with E-state index in [1.165, 1.54) is 0 Å². The van der Waals surface area contributed by atoms with Gasteiger partial charge in [0.2, 0.25) is 0 Å². The van der Waals surface area contributed by atoms with E-state index in [-0.39, 0.29) is 6.04 Å². The van der Waals surface area contributed by atoms with Gasteiger partial charge < -0.3 is 15.5 Å². The van der Waals surface area contributed by atoms with Crippen molar-refractivity contribution < 1.29 is 9.59 Å². The van der Waals surface area contributed by atoms with Crippen molar-refractivity contribution in [1.82, 2.24) is 15.1 Å². The number of amides is 2. The molecule has 1 fully saturated rings. The minimum absolute atomic E-state index is 0.269. The zero-order valence-electron chi connectivity index (χ0n) is 16.6. The van der Waals surface area contributed by atoms with Crippen LogP contribution in [0.3, 0.4) is 0 Å². The van der Waals surface area contributed by atoms with E-state index >= 15 is 0 Å². The number of likely N-dealkylation sites (N-methyl/N-ethyl adjacent to an activating group) is 1. The molecule has 2 aromatic carbocycles. The number of carbonyl (C=O) groups is 2. The maximum Gasteiger partial charge on any atom is 0.313 e. The number of benzene rings is 2. The van der Waals surface area contributed by atoms with Crippen LogP contribution in [0.5, 0.6) is 0 Å². The number of nitrogens with one attached hydrogen (secondary N) is 2. The zero-order chi connectivity index (χ0) is 20.6. The lowest BCUT2D eigenvalue weighted by molar-refractivity contribution is -0.136. The quantitative estimate of drug-likeness (QED) is 0.603. The molecule has 0 radical (unpaired) electrons. The van der Waals surface area contributed by atoms with E-state index in [0.717, 1.165) is 31.7 Å². The van der Waals surface area contributed by atoms with E-state index < -0.39 is 11.8 Å². The SMILES string of the molecule is C#Cc1cccc(NC(=O)C(=O)N[C@H](CN2CCN(C)CC2)c2ccccc2)c1. The fourth-order valence-electron chi connectivity index (χ4n) is 3.31. The number of nitrogens with zero attached hydrogens (tertiary/aromatic N) is 2. The van der Waals surface area contributed by atoms with Crippen molar-refractivity contribution in [2.45, 2.75) is 6.04 Å². The second kappa shape index (κ2) is 9.87. The van der Waals surface area contributed by atoms with Gasteiger partial charge in [-0.1, -0.05) is 42.3 Å². The van der Waals surface area contributed by atoms with Crippen molar-refractivity contribution in [2.75, 3.05) is 45.1 Å². The summed E-state index contributed by atoms with van der Waals surface area (Å²) in [6, 6.07) is 16.3. The first-order valence-corrected chi connectivity index (χ1v) is 9.69. The second-order valence-corrected chi connectivity index (χ2v) is 7.22. The Kier molecular flexibility index (Phi) is 7.01. The Balaban J connectivity index is 1.66. The van der Waals surface area contributed by atoms with E-state index in [1.54, 1.807) is 24.3 Å². The molecular weight excluding hydrogens is 364 g/mol. The highest BCUT2D eigenvalue weighted by atomic mass is 16.2. The molecule has 6 heteroatoms. The number of carbonyl (C=O) groups excluding carboxylic acids is 2. The highest BCUT2D eigenvalue weighted by Gasteiger charge is 2.24. The third-order valence-electron chi connectivity index (χ3n) is 5.04. The van der Waals surface area contributed by atoms with Gasteiger partial charge in [0.15, 0.2) is 0 Å². The van der Waals surface area contributed by atoms with Crippen LogP contribution < -0.4 is 10.6 Å². The van der Waals surface area contributed by atoms with Crippen LogP contribution in [0.15, 0.2) is 54.6 Å². The smallest absolute Gasteiger partial charge is 0.313 e. The molecule has 1 atom stereocenters. The highest BCUT2D eigenvalue weighted by Crippen LogP contribution is 2.16. The Bertz CT molecular complexity index is 883. The van der Waals surface area contributed by atoms with Crippen LogP contribution in [0, 0.1) is 12.3 Å². The Morgan fingerprint density at radius 2 is 1.76 bits per heavy atom. The molecule has 1 aliphatic rings. The predicted octanol–water partition coefficient (Wildman–Crippen LogP) is 1.71. The van der Waals surface area contributed by atoms with Gasteiger partial charge in [0, 0.05) is 44.0 Å². The minimum atomic E-state index is -0.710. The molecule has 2 N–H and O–H groups in total. The van der Waals surface area contributed by atoms with E-state index in [1.807, 2.05) is 30.3 Å². The van der Waals surface area contributed by atoms with Crippen LogP contribution in [-0.4, -0.2) is 61.4 Å². The molecular formula is C23H26N4O2. The normalized spacial score (nSPS) is 15.9. The van der Waals surface area contributed by atoms with Gasteiger partial charge >= 0.3 is 11.8 Å². The monoisotopic (exact) mass is 390 g/mol. The van der Waals surface area contributed by atoms with Crippen LogP contribution in [0.4, 0.5) is 5.69 Å². The lowest BCUT2D eigenvalue weighted by Gasteiger charge is -2.35. The van der Waals surface area contributed by atoms with Crippen LogP contribution in [0.1, 0.15) is 17.2 Å². The van der Waals surface area contributed by atoms with Gasteiger partial charge in [-0.3, -0.25) is 14.5 Å². The van der Waals surface area contributed by atoms with Gasteiger partial charge in [-0.2, -0.15) is 0 Å². The lowest BCUT2D eigenvalue weighted by atomic mass is 10.1. The first-order chi connectivity index (χ1) is 14.0. The number of anilines is 1. The number of rotatable bonds is 5. The van der Waals surface area contributed by atoms with Crippen molar-refractivity contribution in [3.8, 4) is 12.3 Å². The Labute approximate surface area is 171 Å². The average Bonchev–Trinajstić information content (AvgIpc) is 2.75. The van der Waals surface area contributed by atoms with Gasteiger partial charge in [0.25, 0.3) is 0 Å². The molecule has 0 bridgehead atoms. The standard InChI is InChI=1S/C23H26N4O2/c1-3-18-8-7-11-20(16-18)24-22(28)23(29)25-21(19-9-5-4-6-10-19)17-27-14-12-26(2)13-15-27/h1,4-11,16,21H,12-15,17H2,2H3,(H,24,28)(H,25,29)/t21-/m1/s1. The van der Waals surface area contributed by atoms with E-state index in [2.05, 4.69) is 33.4 Å². The first kappa shape index (κ1) is 20.6. The Hall–Kier alpha value is -3.14. The molecule has 1 aliphatic heterocycles. The largest absolute Gasteiger partial charge is 0.340 e. The third kappa shape index (κ3) is 5.92. The van der Waals surface area contributed by atoms with Crippen molar-refractivity contribution >= 4 is 17.5 Å². The molecule has 1 heterocycles. The molecule has 2 amide bonds. The molecule has 0 aromatic heterocycles. The minimum Gasteiger partial charge on any atom is -0.340 e. The summed E-state index contributed by atoms with van der Waals surface area (Å²) in [5.74, 6) is 1.13. The fraction of sp³-hybridized carbons (Fsp3) is 0.304. The van der Waals surface area contributed by atoms with Crippen molar-refractivity contribution in [3.05, 3.63) is 65.7 Å². The maximum atomic E-state index is 12.6. The van der Waals surface area contributed by atoms with Crippen molar-refractivity contribution in [3.63, 3.8) is 0 Å². The predicted molar refractivity (Wildman–Crippen MR) is 114 cm³/mol. The molecule has 2 aromatic rings. The van der Waals surface area contributed by atoms with E-state index in [9.17, 15) is 9.59 Å². The topological polar surface area (TPSA) is 64.7 Å². The molecule has 29 heavy (non-hydrogen) atoms. The molecule has 0 spiro atoms. The summed E-state index contributed by atoms with van der Waals surface area (Å²) in [6.45, 7) is 4.49. The van der Waals surface area contributed by atoms with E-state index in [0.29, 0.717) is 17.8 Å². The lowest BCUT2D eigenvalue weighted by Crippen LogP contribution is -2.48. The molecule has 1 saturated heterocycles. The number of hydrogen-bond donors (Lipinski definition) is 2. The van der Waals surface area contributed by atoms with Crippen molar-refractivity contribution in [1.29, 1.82) is 0 Å². The third-order valence-corrected chi connectivity index (χ3v) is 5.04. The molecule has 150 valence electrons. The highest BCUT2D eigenvalue weighted by molar-refractivity contribution is 6.39. The summed E-state index contributed by atoms with van der Waals surface area (Å²) < 4.78 is 0. The molecule has 6 nitrogen and oxygen atoms in total. The maximum absolute atomic E-state index is 12.6. The molecule has 0 saturated carbocycles. The Morgan fingerprint density at radius 1 is 1.03 bits per heavy atom. The van der Waals surface area contributed by atoms with Gasteiger partial charge in [0.1, 0.15) is 0 Å². The van der Waals surface area contributed by atoms with Crippen LogP contribution >= 0.6 is 0 Å². The van der Waals surface area contributed by atoms with Crippen LogP contribution in [0.2, 0.25) is 0 Å². The summed E-state index contributed by atoms with van der Waals surface area (Å²) in [4.78, 5) is 29.6. The number of hydrogen-bond acceptors (Lipinski definition) is 4. The fourth-order valence-corrected chi connectivity index (χ4v) is 3.31. The summed E-state index contributed by atoms with van der Waals surface area (Å²) in [7, 11) is 2.10. The Morgan fingerprint density at radius 3 is 2.45 bits per heavy atom. The first-order valence-electron chi connectivity index (χ1n) is 9.69. The second-order valence-electron chi connectivity index (χ2n) is 7.22. The number of piperazine rings is 1. The van der Waals surface area contributed by atoms with Gasteiger partial charge in [0.05, 0.1) is 6.04 Å². The van der Waals surface area contributed by atoms with Gasteiger partial charge in [-0.15, -0.1) is 6.42 Å². The molecule has 3 rings (SSSR count). The van der Waals surface area contributed by atoms with Crippen LogP contribution in [0.25, 0.3) is 0 Å². The van der Waals surface area contributed by atoms with Crippen molar-refractivity contribution in [2.24, 2.45) is 0 Å². The zero-order valence-corrected chi connectivity index (χ0v) is 16.6. The summed E-state index contributed by atoms with van der Waals surface area (Å²) in [6.07, 6.45) is 5.39. The van der Waals surface area contributed by atoms with Gasteiger partial charge in [-0.05, 0) is 30.8 Å². The summed E-state index contributed by atoms with van der Waals surface area (Å²) in [5, 5.41) is 5.51. The van der Waals surface area contributed by atoms with Crippen LogP contribution in [-0.2, 0) is 9.59 Å².